The maximum atomic E-state index is 11.7. The summed E-state index contributed by atoms with van der Waals surface area (Å²) in [6, 6.07) is 18.0. The molecule has 28 heavy (non-hydrogen) atoms. The van der Waals surface area contributed by atoms with Gasteiger partial charge in [-0.2, -0.15) is 15.3 Å². The number of nitrogens with zero attached hydrogens (tertiary/aromatic N) is 4. The molecule has 7 nitrogen and oxygen atoms in total. The zero-order valence-electron chi connectivity index (χ0n) is 14.6. The van der Waals surface area contributed by atoms with Crippen molar-refractivity contribution in [1.82, 2.24) is 20.0 Å². The molecule has 0 saturated heterocycles. The van der Waals surface area contributed by atoms with Crippen molar-refractivity contribution in [2.24, 2.45) is 5.73 Å². The Hall–Kier alpha value is -4.02. The second-order valence-corrected chi connectivity index (χ2v) is 6.01. The lowest BCUT2D eigenvalue weighted by molar-refractivity contribution is 0.0996. The molecule has 1 amide bonds. The summed E-state index contributed by atoms with van der Waals surface area (Å²) in [5.41, 5.74) is 8.23. The zero-order valence-corrected chi connectivity index (χ0v) is 14.6. The minimum absolute atomic E-state index is 0.213. The van der Waals surface area contributed by atoms with Crippen molar-refractivity contribution in [1.29, 1.82) is 0 Å². The van der Waals surface area contributed by atoms with E-state index in [0.29, 0.717) is 16.6 Å². The number of amides is 1. The SMILES string of the molecule is NC(=O)c1nn(-c2cccc(C#C[C@@H](O)c3cccnn3)c2)c2ccccc12. The fourth-order valence-corrected chi connectivity index (χ4v) is 2.85. The summed E-state index contributed by atoms with van der Waals surface area (Å²) in [6.45, 7) is 0. The lowest BCUT2D eigenvalue weighted by Crippen LogP contribution is -2.12. The van der Waals surface area contributed by atoms with Crippen molar-refractivity contribution < 1.29 is 9.90 Å². The van der Waals surface area contributed by atoms with Gasteiger partial charge in [-0.1, -0.05) is 36.1 Å². The first-order valence-corrected chi connectivity index (χ1v) is 8.49. The molecule has 4 rings (SSSR count). The number of hydrogen-bond acceptors (Lipinski definition) is 5. The molecule has 1 atom stereocenters. The van der Waals surface area contributed by atoms with E-state index in [1.165, 1.54) is 6.20 Å². The molecule has 7 heteroatoms. The van der Waals surface area contributed by atoms with Gasteiger partial charge in [0.15, 0.2) is 11.8 Å². The van der Waals surface area contributed by atoms with Gasteiger partial charge in [0.1, 0.15) is 5.69 Å². The fraction of sp³-hybridized carbons (Fsp3) is 0.0476. The highest BCUT2D eigenvalue weighted by Crippen LogP contribution is 2.22. The summed E-state index contributed by atoms with van der Waals surface area (Å²) in [7, 11) is 0. The smallest absolute Gasteiger partial charge is 0.269 e. The van der Waals surface area contributed by atoms with Crippen LogP contribution in [0.3, 0.4) is 0 Å². The summed E-state index contributed by atoms with van der Waals surface area (Å²) in [6.07, 6.45) is 0.492. The fourth-order valence-electron chi connectivity index (χ4n) is 2.85. The van der Waals surface area contributed by atoms with E-state index in [9.17, 15) is 9.90 Å². The Morgan fingerprint density at radius 3 is 2.75 bits per heavy atom. The number of aliphatic hydroxyl groups is 1. The van der Waals surface area contributed by atoms with Crippen LogP contribution < -0.4 is 5.73 Å². The van der Waals surface area contributed by atoms with Gasteiger partial charge in [-0.25, -0.2) is 4.68 Å². The number of rotatable bonds is 3. The Balaban J connectivity index is 1.72. The van der Waals surface area contributed by atoms with Crippen molar-refractivity contribution in [2.45, 2.75) is 6.10 Å². The van der Waals surface area contributed by atoms with Gasteiger partial charge >= 0.3 is 0 Å². The van der Waals surface area contributed by atoms with E-state index in [0.717, 1.165) is 11.2 Å². The molecule has 0 spiro atoms. The number of fused-ring (bicyclic) bond motifs is 1. The first-order valence-electron chi connectivity index (χ1n) is 8.49. The van der Waals surface area contributed by atoms with Crippen LogP contribution in [0.25, 0.3) is 16.6 Å². The Labute approximate surface area is 160 Å². The number of benzene rings is 2. The molecule has 0 fully saturated rings. The number of carbonyl (C=O) groups excluding carboxylic acids is 1. The Morgan fingerprint density at radius 2 is 1.96 bits per heavy atom. The Morgan fingerprint density at radius 1 is 1.11 bits per heavy atom. The van der Waals surface area contributed by atoms with Crippen LogP contribution in [0.1, 0.15) is 27.8 Å². The molecule has 136 valence electrons. The van der Waals surface area contributed by atoms with Crippen LogP contribution in [0.2, 0.25) is 0 Å². The molecule has 0 unspecified atom stereocenters. The van der Waals surface area contributed by atoms with Crippen LogP contribution in [0, 0.1) is 11.8 Å². The maximum Gasteiger partial charge on any atom is 0.269 e. The summed E-state index contributed by atoms with van der Waals surface area (Å²) in [5, 5.41) is 22.8. The van der Waals surface area contributed by atoms with Gasteiger partial charge in [-0.3, -0.25) is 4.79 Å². The van der Waals surface area contributed by atoms with E-state index in [1.54, 1.807) is 22.9 Å². The average Bonchev–Trinajstić information content (AvgIpc) is 3.13. The lowest BCUT2D eigenvalue weighted by Gasteiger charge is -2.04. The minimum Gasteiger partial charge on any atom is -0.374 e. The summed E-state index contributed by atoms with van der Waals surface area (Å²) in [4.78, 5) is 11.7. The topological polar surface area (TPSA) is 107 Å². The van der Waals surface area contributed by atoms with Gasteiger partial charge in [-0.15, -0.1) is 0 Å². The third-order valence-corrected chi connectivity index (χ3v) is 4.14. The molecule has 3 N–H and O–H groups in total. The molecular formula is C21H15N5O2. The van der Waals surface area contributed by atoms with E-state index in [1.807, 2.05) is 42.5 Å². The Bertz CT molecular complexity index is 1220. The second-order valence-electron chi connectivity index (χ2n) is 6.01. The van der Waals surface area contributed by atoms with Crippen molar-refractivity contribution in [3.8, 4) is 17.5 Å². The van der Waals surface area contributed by atoms with Crippen LogP contribution in [-0.2, 0) is 0 Å². The molecule has 0 aliphatic carbocycles. The van der Waals surface area contributed by atoms with Crippen molar-refractivity contribution in [3.05, 3.63) is 83.8 Å². The number of para-hydroxylation sites is 1. The Kier molecular flexibility index (Phi) is 4.54. The van der Waals surface area contributed by atoms with E-state index in [-0.39, 0.29) is 5.69 Å². The van der Waals surface area contributed by atoms with Crippen LogP contribution in [0.5, 0.6) is 0 Å². The monoisotopic (exact) mass is 369 g/mol. The van der Waals surface area contributed by atoms with Crippen LogP contribution in [0.15, 0.2) is 66.9 Å². The third-order valence-electron chi connectivity index (χ3n) is 4.14. The molecule has 0 radical (unpaired) electrons. The normalized spacial score (nSPS) is 11.6. The number of nitrogens with two attached hydrogens (primary N) is 1. The number of aromatic nitrogens is 4. The van der Waals surface area contributed by atoms with Crippen molar-refractivity contribution in [2.75, 3.05) is 0 Å². The second kappa shape index (κ2) is 7.31. The standard InChI is InChI=1S/C21H15N5O2/c22-21(28)20-16-7-1-2-9-18(16)26(25-20)15-6-3-5-14(13-15)10-11-19(27)17-8-4-12-23-24-17/h1-9,12-13,19,27H,(H2,22,28)/t19-/m1/s1. The van der Waals surface area contributed by atoms with E-state index in [4.69, 9.17) is 5.73 Å². The number of hydrogen-bond donors (Lipinski definition) is 2. The first kappa shape index (κ1) is 17.4. The van der Waals surface area contributed by atoms with Gasteiger partial charge < -0.3 is 10.8 Å². The van der Waals surface area contributed by atoms with Crippen LogP contribution >= 0.6 is 0 Å². The van der Waals surface area contributed by atoms with Gasteiger partial charge in [0, 0.05) is 17.1 Å². The summed E-state index contributed by atoms with van der Waals surface area (Å²) < 4.78 is 1.65. The van der Waals surface area contributed by atoms with Gasteiger partial charge in [-0.05, 0) is 36.4 Å². The van der Waals surface area contributed by atoms with Gasteiger partial charge in [0.25, 0.3) is 5.91 Å². The molecule has 4 aromatic rings. The highest BCUT2D eigenvalue weighted by Gasteiger charge is 2.15. The number of aliphatic hydroxyl groups excluding tert-OH is 1. The largest absolute Gasteiger partial charge is 0.374 e. The summed E-state index contributed by atoms with van der Waals surface area (Å²) >= 11 is 0. The molecule has 0 aliphatic rings. The van der Waals surface area contributed by atoms with Crippen molar-refractivity contribution >= 4 is 16.8 Å². The average molecular weight is 369 g/mol. The minimum atomic E-state index is -1.04. The molecule has 0 bridgehead atoms. The molecular weight excluding hydrogens is 354 g/mol. The lowest BCUT2D eigenvalue weighted by atomic mass is 10.1. The molecule has 0 aliphatic heterocycles. The first-order chi connectivity index (χ1) is 13.6. The highest BCUT2D eigenvalue weighted by molar-refractivity contribution is 6.04. The number of carbonyl (C=O) groups is 1. The predicted molar refractivity (Wildman–Crippen MR) is 103 cm³/mol. The van der Waals surface area contributed by atoms with E-state index >= 15 is 0 Å². The zero-order chi connectivity index (χ0) is 19.5. The van der Waals surface area contributed by atoms with Crippen LogP contribution in [-0.4, -0.2) is 31.0 Å². The van der Waals surface area contributed by atoms with Crippen LogP contribution in [0.4, 0.5) is 0 Å². The molecule has 2 aromatic heterocycles. The molecule has 2 heterocycles. The van der Waals surface area contributed by atoms with E-state index < -0.39 is 12.0 Å². The summed E-state index contributed by atoms with van der Waals surface area (Å²) in [5.74, 6) is 5.10. The predicted octanol–water partition coefficient (Wildman–Crippen LogP) is 2.00. The molecule has 0 saturated carbocycles. The number of primary amides is 1. The maximum absolute atomic E-state index is 11.7. The molecule has 2 aromatic carbocycles. The van der Waals surface area contributed by atoms with E-state index in [2.05, 4.69) is 27.1 Å². The third kappa shape index (κ3) is 3.32. The van der Waals surface area contributed by atoms with Gasteiger partial charge in [0.2, 0.25) is 0 Å². The highest BCUT2D eigenvalue weighted by atomic mass is 16.3. The van der Waals surface area contributed by atoms with Crippen molar-refractivity contribution in [3.63, 3.8) is 0 Å². The quantitative estimate of drug-likeness (QED) is 0.537. The van der Waals surface area contributed by atoms with Gasteiger partial charge in [0.05, 0.1) is 11.2 Å².